The Labute approximate surface area is 146 Å². The zero-order valence-electron chi connectivity index (χ0n) is 13.5. The van der Waals surface area contributed by atoms with Crippen LogP contribution in [0, 0.1) is 12.7 Å². The fourth-order valence-electron chi connectivity index (χ4n) is 2.35. The predicted molar refractivity (Wildman–Crippen MR) is 95.0 cm³/mol. The molecular weight excluding hydrogens is 343 g/mol. The normalized spacial score (nSPS) is 10.8. The molecule has 25 heavy (non-hydrogen) atoms. The monoisotopic (exact) mass is 358 g/mol. The molecule has 0 radical (unpaired) electrons. The van der Waals surface area contributed by atoms with Crippen LogP contribution in [0.25, 0.3) is 21.5 Å². The molecule has 8 heteroatoms. The largest absolute Gasteiger partial charge is 0.351 e. The Kier molecular flexibility index (Phi) is 4.71. The molecule has 0 unspecified atom stereocenters. The van der Waals surface area contributed by atoms with Crippen molar-refractivity contribution in [2.24, 2.45) is 0 Å². The van der Waals surface area contributed by atoms with E-state index in [9.17, 15) is 14.0 Å². The molecular formula is C17H15FN4O2S. The molecule has 2 aromatic heterocycles. The minimum atomic E-state index is -0.432. The summed E-state index contributed by atoms with van der Waals surface area (Å²) in [5.41, 5.74) is 0.972. The van der Waals surface area contributed by atoms with Crippen LogP contribution >= 0.6 is 11.3 Å². The van der Waals surface area contributed by atoms with Crippen LogP contribution in [-0.4, -0.2) is 27.2 Å². The molecule has 0 saturated heterocycles. The van der Waals surface area contributed by atoms with Crippen LogP contribution in [0.1, 0.15) is 5.01 Å². The van der Waals surface area contributed by atoms with E-state index < -0.39 is 5.56 Å². The quantitative estimate of drug-likeness (QED) is 0.710. The van der Waals surface area contributed by atoms with E-state index in [0.717, 1.165) is 4.68 Å². The summed E-state index contributed by atoms with van der Waals surface area (Å²) in [4.78, 5) is 28.8. The number of aromatic nitrogens is 3. The lowest BCUT2D eigenvalue weighted by Gasteiger charge is -2.08. The molecule has 0 aliphatic heterocycles. The van der Waals surface area contributed by atoms with E-state index in [1.54, 1.807) is 25.1 Å². The van der Waals surface area contributed by atoms with E-state index in [-0.39, 0.29) is 23.8 Å². The average molecular weight is 358 g/mol. The van der Waals surface area contributed by atoms with Gasteiger partial charge in [0.15, 0.2) is 5.52 Å². The van der Waals surface area contributed by atoms with E-state index in [4.69, 9.17) is 0 Å². The number of benzene rings is 1. The van der Waals surface area contributed by atoms with Gasteiger partial charge in [-0.1, -0.05) is 6.08 Å². The highest BCUT2D eigenvalue weighted by Gasteiger charge is 2.17. The number of nitrogens with one attached hydrogen (secondary N) is 1. The maximum atomic E-state index is 13.2. The van der Waals surface area contributed by atoms with E-state index in [1.165, 1.54) is 23.5 Å². The van der Waals surface area contributed by atoms with Gasteiger partial charge in [-0.15, -0.1) is 17.9 Å². The fraction of sp³-hybridized carbons (Fsp3) is 0.176. The summed E-state index contributed by atoms with van der Waals surface area (Å²) in [6, 6.07) is 5.81. The van der Waals surface area contributed by atoms with Gasteiger partial charge in [-0.3, -0.25) is 9.59 Å². The summed E-state index contributed by atoms with van der Waals surface area (Å²) in [6.45, 7) is 5.39. The first-order valence-electron chi connectivity index (χ1n) is 7.51. The first kappa shape index (κ1) is 17.0. The molecule has 0 saturated carbocycles. The Morgan fingerprint density at radius 1 is 1.40 bits per heavy atom. The summed E-state index contributed by atoms with van der Waals surface area (Å²) in [5.74, 6) is -0.719. The van der Waals surface area contributed by atoms with Crippen molar-refractivity contribution < 1.29 is 9.18 Å². The number of carbonyl (C=O) groups is 1. The molecule has 3 rings (SSSR count). The van der Waals surface area contributed by atoms with Crippen molar-refractivity contribution in [1.29, 1.82) is 0 Å². The molecule has 2 heterocycles. The number of halogens is 1. The summed E-state index contributed by atoms with van der Waals surface area (Å²) in [6.07, 6.45) is 1.55. The van der Waals surface area contributed by atoms with Crippen molar-refractivity contribution in [3.63, 3.8) is 0 Å². The molecule has 0 aliphatic carbocycles. The minimum absolute atomic E-state index is 0.229. The second kappa shape index (κ2) is 6.94. The van der Waals surface area contributed by atoms with Crippen LogP contribution in [0.3, 0.4) is 0 Å². The number of hydrogen-bond donors (Lipinski definition) is 1. The summed E-state index contributed by atoms with van der Waals surface area (Å²) in [5, 5.41) is 7.65. The van der Waals surface area contributed by atoms with Gasteiger partial charge in [0.1, 0.15) is 18.1 Å². The molecule has 0 atom stereocenters. The lowest BCUT2D eigenvalue weighted by atomic mass is 10.1. The van der Waals surface area contributed by atoms with Crippen molar-refractivity contribution in [1.82, 2.24) is 20.1 Å². The van der Waals surface area contributed by atoms with Gasteiger partial charge >= 0.3 is 0 Å². The number of amides is 1. The topological polar surface area (TPSA) is 76.9 Å². The maximum absolute atomic E-state index is 13.2. The standard InChI is InChI=1S/C17H15FN4O2S/c1-3-8-19-13(23)9-22-17(24)15-16(25-10(2)20-15)14(21-22)11-4-6-12(18)7-5-11/h3-7H,1,8-9H2,2H3,(H,19,23). The zero-order chi connectivity index (χ0) is 18.0. The van der Waals surface area contributed by atoms with Crippen molar-refractivity contribution in [3.05, 3.63) is 58.1 Å². The number of fused-ring (bicyclic) bond motifs is 1. The van der Waals surface area contributed by atoms with Gasteiger partial charge in [-0.05, 0) is 31.2 Å². The van der Waals surface area contributed by atoms with Crippen molar-refractivity contribution >= 4 is 27.5 Å². The van der Waals surface area contributed by atoms with Gasteiger partial charge in [0.05, 0.1) is 9.71 Å². The van der Waals surface area contributed by atoms with Crippen molar-refractivity contribution in [2.75, 3.05) is 6.54 Å². The van der Waals surface area contributed by atoms with Crippen LogP contribution in [0.5, 0.6) is 0 Å². The number of hydrogen-bond acceptors (Lipinski definition) is 5. The third-order valence-electron chi connectivity index (χ3n) is 3.46. The number of rotatable bonds is 5. The van der Waals surface area contributed by atoms with Crippen molar-refractivity contribution in [3.8, 4) is 11.3 Å². The van der Waals surface area contributed by atoms with Crippen LogP contribution in [0.2, 0.25) is 0 Å². The van der Waals surface area contributed by atoms with Gasteiger partial charge in [-0.2, -0.15) is 5.10 Å². The number of carbonyl (C=O) groups excluding carboxylic acids is 1. The Morgan fingerprint density at radius 2 is 2.12 bits per heavy atom. The summed E-state index contributed by atoms with van der Waals surface area (Å²) >= 11 is 1.34. The predicted octanol–water partition coefficient (Wildman–Crippen LogP) is 2.27. The number of aryl methyl sites for hydroxylation is 1. The molecule has 3 aromatic rings. The first-order chi connectivity index (χ1) is 12.0. The lowest BCUT2D eigenvalue weighted by molar-refractivity contribution is -0.121. The zero-order valence-corrected chi connectivity index (χ0v) is 14.3. The minimum Gasteiger partial charge on any atom is -0.351 e. The van der Waals surface area contributed by atoms with Crippen molar-refractivity contribution in [2.45, 2.75) is 13.5 Å². The molecule has 1 amide bonds. The summed E-state index contributed by atoms with van der Waals surface area (Å²) in [7, 11) is 0. The summed E-state index contributed by atoms with van der Waals surface area (Å²) < 4.78 is 14.9. The highest BCUT2D eigenvalue weighted by molar-refractivity contribution is 7.19. The van der Waals surface area contributed by atoms with Gasteiger partial charge in [0.2, 0.25) is 5.91 Å². The van der Waals surface area contributed by atoms with Crippen LogP contribution < -0.4 is 10.9 Å². The van der Waals surface area contributed by atoms with Crippen LogP contribution in [0.4, 0.5) is 4.39 Å². The first-order valence-corrected chi connectivity index (χ1v) is 8.33. The van der Waals surface area contributed by atoms with E-state index in [1.807, 2.05) is 0 Å². The van der Waals surface area contributed by atoms with E-state index >= 15 is 0 Å². The Balaban J connectivity index is 2.13. The second-order valence-corrected chi connectivity index (χ2v) is 6.52. The van der Waals surface area contributed by atoms with Crippen LogP contribution in [0.15, 0.2) is 41.7 Å². The van der Waals surface area contributed by atoms with Gasteiger partial charge in [-0.25, -0.2) is 14.1 Å². The molecule has 1 N–H and O–H groups in total. The Morgan fingerprint density at radius 3 is 2.80 bits per heavy atom. The second-order valence-electron chi connectivity index (χ2n) is 5.32. The fourth-order valence-corrected chi connectivity index (χ4v) is 3.27. The molecule has 0 bridgehead atoms. The third-order valence-corrected chi connectivity index (χ3v) is 4.44. The Hall–Kier alpha value is -2.87. The molecule has 1 aromatic carbocycles. The average Bonchev–Trinajstić information content (AvgIpc) is 2.98. The molecule has 6 nitrogen and oxygen atoms in total. The maximum Gasteiger partial charge on any atom is 0.294 e. The lowest BCUT2D eigenvalue weighted by Crippen LogP contribution is -2.34. The number of nitrogens with zero attached hydrogens (tertiary/aromatic N) is 3. The number of thiazole rings is 1. The van der Waals surface area contributed by atoms with Gasteiger partial charge in [0.25, 0.3) is 5.56 Å². The smallest absolute Gasteiger partial charge is 0.294 e. The van der Waals surface area contributed by atoms with E-state index in [0.29, 0.717) is 27.5 Å². The van der Waals surface area contributed by atoms with Gasteiger partial charge < -0.3 is 5.32 Å². The molecule has 0 aliphatic rings. The molecule has 0 fully saturated rings. The Bertz CT molecular complexity index is 1010. The molecule has 128 valence electrons. The highest BCUT2D eigenvalue weighted by Crippen LogP contribution is 2.29. The molecule has 0 spiro atoms. The third kappa shape index (κ3) is 3.48. The highest BCUT2D eigenvalue weighted by atomic mass is 32.1. The van der Waals surface area contributed by atoms with Gasteiger partial charge in [0, 0.05) is 12.1 Å². The van der Waals surface area contributed by atoms with Crippen LogP contribution in [-0.2, 0) is 11.3 Å². The van der Waals surface area contributed by atoms with E-state index in [2.05, 4.69) is 22.0 Å². The SMILES string of the molecule is C=CCNC(=O)Cn1nc(-c2ccc(F)cc2)c2sc(C)nc2c1=O.